The second-order valence-corrected chi connectivity index (χ2v) is 6.61. The third-order valence-electron chi connectivity index (χ3n) is 3.84. The first-order chi connectivity index (χ1) is 13.4. The molecule has 0 aliphatic heterocycles. The fraction of sp³-hybridized carbons (Fsp3) is 0.0500. The van der Waals surface area contributed by atoms with Crippen molar-refractivity contribution in [3.63, 3.8) is 0 Å². The number of anilines is 1. The third-order valence-corrected chi connectivity index (χ3v) is 4.58. The summed E-state index contributed by atoms with van der Waals surface area (Å²) in [6.45, 7) is 0.192. The lowest BCUT2D eigenvalue weighted by atomic mass is 10.2. The van der Waals surface area contributed by atoms with Gasteiger partial charge in [-0.05, 0) is 29.8 Å². The molecule has 0 unspecified atom stereocenters. The molecule has 1 amide bonds. The Morgan fingerprint density at radius 2 is 1.75 bits per heavy atom. The van der Waals surface area contributed by atoms with Crippen molar-refractivity contribution in [1.82, 2.24) is 0 Å². The molecule has 0 aromatic heterocycles. The number of non-ortho nitro benzene ring substituents is 1. The fourth-order valence-corrected chi connectivity index (χ4v) is 2.71. The Morgan fingerprint density at radius 3 is 2.43 bits per heavy atom. The van der Waals surface area contributed by atoms with Crippen molar-refractivity contribution in [2.45, 2.75) is 6.61 Å². The van der Waals surface area contributed by atoms with Gasteiger partial charge >= 0.3 is 0 Å². The normalized spacial score (nSPS) is 10.4. The van der Waals surface area contributed by atoms with Crippen molar-refractivity contribution in [1.29, 1.82) is 0 Å². The number of nitrogens with one attached hydrogen (secondary N) is 1. The van der Waals surface area contributed by atoms with E-state index in [-0.39, 0.29) is 23.1 Å². The molecule has 0 saturated carbocycles. The number of hydrogen-bond acceptors (Lipinski definition) is 4. The Kier molecular flexibility index (Phi) is 6.13. The summed E-state index contributed by atoms with van der Waals surface area (Å²) in [6.07, 6.45) is 0. The summed E-state index contributed by atoms with van der Waals surface area (Å²) in [4.78, 5) is 23.1. The van der Waals surface area contributed by atoms with E-state index in [1.165, 1.54) is 36.4 Å². The zero-order valence-electron chi connectivity index (χ0n) is 14.4. The molecule has 8 heteroatoms. The predicted octanol–water partition coefficient (Wildman–Crippen LogP) is 5.73. The zero-order valence-corrected chi connectivity index (χ0v) is 15.9. The number of rotatable bonds is 6. The standard InChI is InChI=1S/C20H14Cl2N2O4/c21-16-8-6-14(10-17(16)22)20(25)23-18-9-7-15(24(26)27)11-19(18)28-12-13-4-2-1-3-5-13/h1-11H,12H2,(H,23,25). The van der Waals surface area contributed by atoms with Crippen molar-refractivity contribution >= 4 is 40.5 Å². The first-order valence-electron chi connectivity index (χ1n) is 8.15. The molecule has 0 aliphatic rings. The Labute approximate surface area is 170 Å². The lowest BCUT2D eigenvalue weighted by Gasteiger charge is -2.13. The molecule has 1 N–H and O–H groups in total. The van der Waals surface area contributed by atoms with Crippen molar-refractivity contribution < 1.29 is 14.5 Å². The van der Waals surface area contributed by atoms with Gasteiger partial charge in [0.05, 0.1) is 26.7 Å². The molecule has 0 saturated heterocycles. The van der Waals surface area contributed by atoms with Gasteiger partial charge in [0.25, 0.3) is 11.6 Å². The van der Waals surface area contributed by atoms with E-state index in [4.69, 9.17) is 27.9 Å². The number of nitro benzene ring substituents is 1. The second-order valence-electron chi connectivity index (χ2n) is 5.79. The number of carbonyl (C=O) groups is 1. The number of benzene rings is 3. The van der Waals surface area contributed by atoms with Gasteiger partial charge in [-0.1, -0.05) is 53.5 Å². The zero-order chi connectivity index (χ0) is 20.1. The minimum atomic E-state index is -0.528. The van der Waals surface area contributed by atoms with Crippen LogP contribution in [0, 0.1) is 10.1 Å². The van der Waals surface area contributed by atoms with E-state index in [2.05, 4.69) is 5.32 Å². The minimum Gasteiger partial charge on any atom is -0.486 e. The summed E-state index contributed by atoms with van der Waals surface area (Å²) >= 11 is 11.8. The quantitative estimate of drug-likeness (QED) is 0.410. The Hall–Kier alpha value is -3.09. The van der Waals surface area contributed by atoms with Gasteiger partial charge in [-0.3, -0.25) is 14.9 Å². The maximum atomic E-state index is 12.5. The van der Waals surface area contributed by atoms with Gasteiger partial charge < -0.3 is 10.1 Å². The topological polar surface area (TPSA) is 81.5 Å². The highest BCUT2D eigenvalue weighted by molar-refractivity contribution is 6.42. The maximum Gasteiger partial charge on any atom is 0.273 e. The third kappa shape index (κ3) is 4.79. The SMILES string of the molecule is O=C(Nc1ccc([N+](=O)[O-])cc1OCc1ccccc1)c1ccc(Cl)c(Cl)c1. The fourth-order valence-electron chi connectivity index (χ4n) is 2.41. The van der Waals surface area contributed by atoms with Gasteiger partial charge in [0.2, 0.25) is 0 Å². The summed E-state index contributed by atoms with van der Waals surface area (Å²) in [7, 11) is 0. The number of nitrogens with zero attached hydrogens (tertiary/aromatic N) is 1. The molecule has 0 atom stereocenters. The van der Waals surface area contributed by atoms with Gasteiger partial charge in [-0.2, -0.15) is 0 Å². The van der Waals surface area contributed by atoms with E-state index in [0.29, 0.717) is 16.3 Å². The van der Waals surface area contributed by atoms with E-state index in [1.807, 2.05) is 30.3 Å². The van der Waals surface area contributed by atoms with Crippen molar-refractivity contribution in [2.24, 2.45) is 0 Å². The van der Waals surface area contributed by atoms with Crippen LogP contribution in [0.5, 0.6) is 5.75 Å². The molecule has 0 spiro atoms. The van der Waals surface area contributed by atoms with Crippen LogP contribution < -0.4 is 10.1 Å². The van der Waals surface area contributed by atoms with E-state index in [1.54, 1.807) is 0 Å². The Balaban J connectivity index is 1.85. The van der Waals surface area contributed by atoms with Gasteiger partial charge in [-0.25, -0.2) is 0 Å². The highest BCUT2D eigenvalue weighted by atomic mass is 35.5. The summed E-state index contributed by atoms with van der Waals surface area (Å²) in [5.41, 5.74) is 1.34. The minimum absolute atomic E-state index is 0.143. The lowest BCUT2D eigenvalue weighted by Crippen LogP contribution is -2.13. The number of carbonyl (C=O) groups excluding carboxylic acids is 1. The number of amides is 1. The van der Waals surface area contributed by atoms with Gasteiger partial charge in [0.15, 0.2) is 0 Å². The maximum absolute atomic E-state index is 12.5. The van der Waals surface area contributed by atoms with Crippen molar-refractivity contribution in [2.75, 3.05) is 5.32 Å². The van der Waals surface area contributed by atoms with E-state index >= 15 is 0 Å². The predicted molar refractivity (Wildman–Crippen MR) is 108 cm³/mol. The number of ether oxygens (including phenoxy) is 1. The molecule has 142 valence electrons. The van der Waals surface area contributed by atoms with Crippen LogP contribution in [0.2, 0.25) is 10.0 Å². The average Bonchev–Trinajstić information content (AvgIpc) is 2.69. The highest BCUT2D eigenvalue weighted by Crippen LogP contribution is 2.31. The van der Waals surface area contributed by atoms with E-state index in [0.717, 1.165) is 5.56 Å². The number of nitro groups is 1. The molecule has 28 heavy (non-hydrogen) atoms. The molecule has 0 fully saturated rings. The van der Waals surface area contributed by atoms with Crippen molar-refractivity contribution in [3.8, 4) is 5.75 Å². The van der Waals surface area contributed by atoms with Crippen LogP contribution in [-0.4, -0.2) is 10.8 Å². The largest absolute Gasteiger partial charge is 0.486 e. The lowest BCUT2D eigenvalue weighted by molar-refractivity contribution is -0.384. The van der Waals surface area contributed by atoms with Gasteiger partial charge in [0.1, 0.15) is 12.4 Å². The molecule has 0 bridgehead atoms. The van der Waals surface area contributed by atoms with Crippen molar-refractivity contribution in [3.05, 3.63) is 98.0 Å². The molecule has 0 aliphatic carbocycles. The van der Waals surface area contributed by atoms with Crippen LogP contribution in [0.3, 0.4) is 0 Å². The summed E-state index contributed by atoms with van der Waals surface area (Å²) in [5, 5.41) is 14.4. The number of halogens is 2. The van der Waals surface area contributed by atoms with Crippen LogP contribution in [0.1, 0.15) is 15.9 Å². The molecule has 0 heterocycles. The average molecular weight is 417 g/mol. The Bertz CT molecular complexity index is 1030. The first kappa shape index (κ1) is 19.7. The van der Waals surface area contributed by atoms with Gasteiger partial charge in [-0.15, -0.1) is 0 Å². The van der Waals surface area contributed by atoms with E-state index in [9.17, 15) is 14.9 Å². The van der Waals surface area contributed by atoms with Crippen LogP contribution in [0.4, 0.5) is 11.4 Å². The molecular weight excluding hydrogens is 403 g/mol. The summed E-state index contributed by atoms with van der Waals surface area (Å²) in [5.74, 6) is -0.261. The van der Waals surface area contributed by atoms with Crippen LogP contribution in [-0.2, 0) is 6.61 Å². The molecule has 3 rings (SSSR count). The van der Waals surface area contributed by atoms with E-state index < -0.39 is 10.8 Å². The van der Waals surface area contributed by atoms with Crippen LogP contribution in [0.15, 0.2) is 66.7 Å². The second kappa shape index (κ2) is 8.73. The van der Waals surface area contributed by atoms with Gasteiger partial charge in [0, 0.05) is 11.6 Å². The Morgan fingerprint density at radius 1 is 1.00 bits per heavy atom. The highest BCUT2D eigenvalue weighted by Gasteiger charge is 2.16. The first-order valence-corrected chi connectivity index (χ1v) is 8.91. The molecule has 0 radical (unpaired) electrons. The van der Waals surface area contributed by atoms with Crippen LogP contribution in [0.25, 0.3) is 0 Å². The number of hydrogen-bond donors (Lipinski definition) is 1. The summed E-state index contributed by atoms with van der Waals surface area (Å²) < 4.78 is 5.73. The van der Waals surface area contributed by atoms with Crippen LogP contribution >= 0.6 is 23.2 Å². The molecule has 6 nitrogen and oxygen atoms in total. The molecular formula is C20H14Cl2N2O4. The summed E-state index contributed by atoms with van der Waals surface area (Å²) in [6, 6.07) is 17.8. The molecule has 3 aromatic carbocycles. The molecule has 3 aromatic rings. The monoisotopic (exact) mass is 416 g/mol. The smallest absolute Gasteiger partial charge is 0.273 e.